The van der Waals surface area contributed by atoms with Crippen LogP contribution in [0.4, 0.5) is 10.5 Å². The molecule has 2 N–H and O–H groups in total. The van der Waals surface area contributed by atoms with E-state index in [1.165, 1.54) is 11.1 Å². The number of H-pyrrole nitrogens is 1. The molecule has 10 nitrogen and oxygen atoms in total. The topological polar surface area (TPSA) is 118 Å². The van der Waals surface area contributed by atoms with Crippen molar-refractivity contribution in [2.75, 3.05) is 26.0 Å². The summed E-state index contributed by atoms with van der Waals surface area (Å²) in [5.41, 5.74) is 2.41. The average molecular weight is 413 g/mol. The Morgan fingerprint density at radius 1 is 1.30 bits per heavy atom. The molecule has 0 spiro atoms. The van der Waals surface area contributed by atoms with Gasteiger partial charge in [-0.15, -0.1) is 0 Å². The maximum atomic E-state index is 12.8. The molecule has 160 valence electrons. The highest BCUT2D eigenvalue weighted by atomic mass is 16.5. The van der Waals surface area contributed by atoms with Crippen LogP contribution in [0.5, 0.6) is 5.88 Å². The largest absolute Gasteiger partial charge is 0.477 e. The number of rotatable bonds is 7. The van der Waals surface area contributed by atoms with Gasteiger partial charge in [0, 0.05) is 21.1 Å². The van der Waals surface area contributed by atoms with Crippen LogP contribution in [0, 0.1) is 0 Å². The molecule has 0 aromatic carbocycles. The molecule has 0 atom stereocenters. The van der Waals surface area contributed by atoms with E-state index in [1.807, 2.05) is 13.8 Å². The summed E-state index contributed by atoms with van der Waals surface area (Å²) >= 11 is 0. The first-order valence-electron chi connectivity index (χ1n) is 9.93. The van der Waals surface area contributed by atoms with Crippen molar-refractivity contribution in [2.45, 2.75) is 33.1 Å². The Labute approximate surface area is 174 Å². The molecule has 30 heavy (non-hydrogen) atoms. The lowest BCUT2D eigenvalue weighted by Gasteiger charge is -2.14. The number of aryl methyl sites for hydroxylation is 2. The molecule has 0 aliphatic carbocycles. The second-order valence-electron chi connectivity index (χ2n) is 7.18. The van der Waals surface area contributed by atoms with E-state index >= 15 is 0 Å². The van der Waals surface area contributed by atoms with Gasteiger partial charge < -0.3 is 19.9 Å². The minimum atomic E-state index is -0.295. The van der Waals surface area contributed by atoms with E-state index in [1.54, 1.807) is 31.9 Å². The van der Waals surface area contributed by atoms with Crippen LogP contribution in [-0.4, -0.2) is 56.4 Å². The molecule has 0 fully saturated rings. The number of amides is 2. The van der Waals surface area contributed by atoms with Crippen LogP contribution in [0.2, 0.25) is 0 Å². The van der Waals surface area contributed by atoms with Crippen LogP contribution in [0.1, 0.15) is 32.4 Å². The highest BCUT2D eigenvalue weighted by molar-refractivity contribution is 5.90. The van der Waals surface area contributed by atoms with E-state index in [0.717, 1.165) is 18.5 Å². The summed E-state index contributed by atoms with van der Waals surface area (Å²) in [5.74, 6) is 0.653. The lowest BCUT2D eigenvalue weighted by atomic mass is 10.2. The maximum Gasteiger partial charge on any atom is 0.321 e. The standard InChI is InChI=1S/C20H27N7O3/c1-6-8-14-15-16(27(5)25-14)18(28)24-17(23-15)13-10-12(22-20(29)26(3)4)11-21-19(13)30-9-7-2/h10-11H,6-9H2,1-5H3,(H,22,29)(H,23,24,28). The number of anilines is 1. The van der Waals surface area contributed by atoms with E-state index < -0.39 is 0 Å². The van der Waals surface area contributed by atoms with E-state index in [4.69, 9.17) is 4.74 Å². The molecule has 0 aliphatic rings. The molecule has 0 bridgehead atoms. The summed E-state index contributed by atoms with van der Waals surface area (Å²) in [6.45, 7) is 4.50. The van der Waals surface area contributed by atoms with Gasteiger partial charge in [-0.1, -0.05) is 20.3 Å². The third-order valence-electron chi connectivity index (χ3n) is 4.46. The number of nitrogens with zero attached hydrogens (tertiary/aromatic N) is 5. The average Bonchev–Trinajstić information content (AvgIpc) is 3.03. The van der Waals surface area contributed by atoms with Crippen LogP contribution in [0.15, 0.2) is 17.1 Å². The third-order valence-corrected chi connectivity index (χ3v) is 4.46. The summed E-state index contributed by atoms with van der Waals surface area (Å²) in [6, 6.07) is 1.40. The summed E-state index contributed by atoms with van der Waals surface area (Å²) in [5, 5.41) is 7.20. The quantitative estimate of drug-likeness (QED) is 0.615. The molecular weight excluding hydrogens is 386 g/mol. The Kier molecular flexibility index (Phi) is 6.34. The van der Waals surface area contributed by atoms with Gasteiger partial charge in [0.15, 0.2) is 5.52 Å². The zero-order valence-corrected chi connectivity index (χ0v) is 17.9. The first-order chi connectivity index (χ1) is 14.3. The fourth-order valence-electron chi connectivity index (χ4n) is 3.02. The summed E-state index contributed by atoms with van der Waals surface area (Å²) in [4.78, 5) is 38.1. The van der Waals surface area contributed by atoms with Gasteiger partial charge in [-0.05, 0) is 18.9 Å². The number of ether oxygens (including phenoxy) is 1. The summed E-state index contributed by atoms with van der Waals surface area (Å²) in [7, 11) is 5.02. The Morgan fingerprint density at radius 2 is 2.07 bits per heavy atom. The second-order valence-corrected chi connectivity index (χ2v) is 7.18. The second kappa shape index (κ2) is 8.93. The normalized spacial score (nSPS) is 11.0. The predicted molar refractivity (Wildman–Crippen MR) is 115 cm³/mol. The number of hydrogen-bond acceptors (Lipinski definition) is 6. The monoisotopic (exact) mass is 413 g/mol. The fourth-order valence-corrected chi connectivity index (χ4v) is 3.02. The van der Waals surface area contributed by atoms with Crippen LogP contribution < -0.4 is 15.6 Å². The van der Waals surface area contributed by atoms with Crippen LogP contribution in [-0.2, 0) is 13.5 Å². The van der Waals surface area contributed by atoms with E-state index in [-0.39, 0.29) is 11.6 Å². The molecular formula is C20H27N7O3. The van der Waals surface area contributed by atoms with Crippen molar-refractivity contribution in [1.82, 2.24) is 29.6 Å². The molecule has 2 amide bonds. The van der Waals surface area contributed by atoms with Crippen molar-refractivity contribution >= 4 is 22.8 Å². The minimum absolute atomic E-state index is 0.292. The van der Waals surface area contributed by atoms with Crippen molar-refractivity contribution in [3.63, 3.8) is 0 Å². The van der Waals surface area contributed by atoms with Gasteiger partial charge in [0.05, 0.1) is 29.7 Å². The van der Waals surface area contributed by atoms with E-state index in [2.05, 4.69) is 25.4 Å². The number of hydrogen-bond donors (Lipinski definition) is 2. The van der Waals surface area contributed by atoms with Gasteiger partial charge in [0.1, 0.15) is 11.3 Å². The first-order valence-corrected chi connectivity index (χ1v) is 9.93. The minimum Gasteiger partial charge on any atom is -0.477 e. The Morgan fingerprint density at radius 3 is 2.73 bits per heavy atom. The number of aromatic nitrogens is 5. The van der Waals surface area contributed by atoms with Gasteiger partial charge in [-0.25, -0.2) is 14.8 Å². The fraction of sp³-hybridized carbons (Fsp3) is 0.450. The summed E-state index contributed by atoms with van der Waals surface area (Å²) < 4.78 is 7.32. The maximum absolute atomic E-state index is 12.8. The lowest BCUT2D eigenvalue weighted by molar-refractivity contribution is 0.230. The Bertz CT molecular complexity index is 1120. The van der Waals surface area contributed by atoms with E-state index in [9.17, 15) is 9.59 Å². The van der Waals surface area contributed by atoms with Crippen LogP contribution in [0.25, 0.3) is 22.4 Å². The first kappa shape index (κ1) is 21.3. The number of urea groups is 1. The van der Waals surface area contributed by atoms with Gasteiger partial charge in [0.25, 0.3) is 5.56 Å². The van der Waals surface area contributed by atoms with Crippen molar-refractivity contribution in [3.05, 3.63) is 28.3 Å². The smallest absolute Gasteiger partial charge is 0.321 e. The Hall–Kier alpha value is -3.43. The van der Waals surface area contributed by atoms with Crippen LogP contribution >= 0.6 is 0 Å². The third kappa shape index (κ3) is 4.27. The molecule has 10 heteroatoms. The van der Waals surface area contributed by atoms with Crippen molar-refractivity contribution in [2.24, 2.45) is 7.05 Å². The molecule has 0 saturated heterocycles. The molecule has 3 heterocycles. The molecule has 3 aromatic rings. The highest BCUT2D eigenvalue weighted by Gasteiger charge is 2.19. The number of aromatic amines is 1. The molecule has 3 rings (SSSR count). The Balaban J connectivity index is 2.16. The molecule has 3 aromatic heterocycles. The molecule has 0 unspecified atom stereocenters. The number of carbonyl (C=O) groups is 1. The number of fused-ring (bicyclic) bond motifs is 1. The summed E-state index contributed by atoms with van der Waals surface area (Å²) in [6.07, 6.45) is 3.91. The van der Waals surface area contributed by atoms with Gasteiger partial charge in [-0.3, -0.25) is 9.48 Å². The van der Waals surface area contributed by atoms with Crippen molar-refractivity contribution < 1.29 is 9.53 Å². The van der Waals surface area contributed by atoms with Crippen molar-refractivity contribution in [3.8, 4) is 17.3 Å². The number of nitrogens with one attached hydrogen (secondary N) is 2. The molecule has 0 radical (unpaired) electrons. The van der Waals surface area contributed by atoms with E-state index in [0.29, 0.717) is 47.0 Å². The number of pyridine rings is 1. The molecule has 0 aliphatic heterocycles. The van der Waals surface area contributed by atoms with Crippen LogP contribution in [0.3, 0.4) is 0 Å². The number of carbonyl (C=O) groups excluding carboxylic acids is 1. The zero-order valence-electron chi connectivity index (χ0n) is 17.9. The predicted octanol–water partition coefficient (Wildman–Crippen LogP) is 2.55. The van der Waals surface area contributed by atoms with Gasteiger partial charge in [-0.2, -0.15) is 5.10 Å². The zero-order chi connectivity index (χ0) is 21.8. The lowest BCUT2D eigenvalue weighted by Crippen LogP contribution is -2.27. The van der Waals surface area contributed by atoms with Crippen molar-refractivity contribution in [1.29, 1.82) is 0 Å². The van der Waals surface area contributed by atoms with Gasteiger partial charge in [0.2, 0.25) is 5.88 Å². The molecule has 0 saturated carbocycles. The van der Waals surface area contributed by atoms with Gasteiger partial charge >= 0.3 is 6.03 Å². The highest BCUT2D eigenvalue weighted by Crippen LogP contribution is 2.29. The SMILES string of the molecule is CCCOc1ncc(NC(=O)N(C)C)cc1-c1nc2c(CCC)nn(C)c2c(=O)[nH]1.